The maximum absolute atomic E-state index is 12.5. The van der Waals surface area contributed by atoms with Gasteiger partial charge in [0.2, 0.25) is 11.7 Å². The summed E-state index contributed by atoms with van der Waals surface area (Å²) in [6.07, 6.45) is -2.76. The van der Waals surface area contributed by atoms with Crippen LogP contribution in [0, 0.1) is 0 Å². The van der Waals surface area contributed by atoms with Crippen LogP contribution in [-0.2, 0) is 22.3 Å². The second-order valence-corrected chi connectivity index (χ2v) is 6.54. The molecule has 130 valence electrons. The van der Waals surface area contributed by atoms with Gasteiger partial charge in [0.15, 0.2) is 0 Å². The Hall–Kier alpha value is -1.94. The Morgan fingerprint density at radius 2 is 2.21 bits per heavy atom. The van der Waals surface area contributed by atoms with E-state index in [0.29, 0.717) is 11.4 Å². The minimum absolute atomic E-state index is 0.00845. The van der Waals surface area contributed by atoms with Crippen molar-refractivity contribution in [2.24, 2.45) is 0 Å². The Labute approximate surface area is 139 Å². The summed E-state index contributed by atoms with van der Waals surface area (Å²) in [5, 5.41) is 3.36. The number of rotatable bonds is 6. The number of halogens is 3. The van der Waals surface area contributed by atoms with Crippen LogP contribution in [0.1, 0.15) is 23.6 Å². The first-order chi connectivity index (χ1) is 11.4. The maximum atomic E-state index is 12.5. The summed E-state index contributed by atoms with van der Waals surface area (Å²) >= 11 is 1.23. The van der Waals surface area contributed by atoms with Gasteiger partial charge in [0.05, 0.1) is 11.4 Å². The molecule has 0 atom stereocenters. The fourth-order valence-corrected chi connectivity index (χ4v) is 3.14. The molecule has 1 amide bonds. The highest BCUT2D eigenvalue weighted by molar-refractivity contribution is 7.15. The molecule has 0 N–H and O–H groups in total. The number of aromatic nitrogens is 2. The zero-order valence-corrected chi connectivity index (χ0v) is 13.5. The first kappa shape index (κ1) is 16.9. The van der Waals surface area contributed by atoms with Gasteiger partial charge in [-0.2, -0.15) is 18.2 Å². The molecule has 0 bridgehead atoms. The van der Waals surface area contributed by atoms with Crippen LogP contribution in [-0.4, -0.2) is 40.7 Å². The van der Waals surface area contributed by atoms with Crippen molar-refractivity contribution in [3.8, 4) is 10.7 Å². The molecule has 1 aliphatic carbocycles. The van der Waals surface area contributed by atoms with Gasteiger partial charge in [-0.1, -0.05) is 5.16 Å². The predicted octanol–water partition coefficient (Wildman–Crippen LogP) is 2.95. The Kier molecular flexibility index (Phi) is 4.59. The van der Waals surface area contributed by atoms with Gasteiger partial charge in [0.1, 0.15) is 6.61 Å². The highest BCUT2D eigenvalue weighted by Gasteiger charge is 2.38. The van der Waals surface area contributed by atoms with Crippen molar-refractivity contribution in [3.63, 3.8) is 0 Å². The third-order valence-electron chi connectivity index (χ3n) is 3.45. The van der Waals surface area contributed by atoms with Crippen LogP contribution in [0.15, 0.2) is 16.7 Å². The van der Waals surface area contributed by atoms with E-state index in [4.69, 9.17) is 4.74 Å². The van der Waals surface area contributed by atoms with Crippen LogP contribution in [0.4, 0.5) is 13.2 Å². The van der Waals surface area contributed by atoms with Crippen LogP contribution in [0.25, 0.3) is 10.7 Å². The van der Waals surface area contributed by atoms with Crippen LogP contribution in [0.5, 0.6) is 0 Å². The highest BCUT2D eigenvalue weighted by atomic mass is 32.1. The van der Waals surface area contributed by atoms with E-state index in [2.05, 4.69) is 14.7 Å². The van der Waals surface area contributed by atoms with Crippen LogP contribution < -0.4 is 0 Å². The van der Waals surface area contributed by atoms with E-state index in [1.165, 1.54) is 18.4 Å². The van der Waals surface area contributed by atoms with E-state index >= 15 is 0 Å². The zero-order valence-electron chi connectivity index (χ0n) is 12.7. The number of nitrogens with zero attached hydrogens (tertiary/aromatic N) is 3. The minimum Gasteiger partial charge on any atom is -0.375 e. The summed E-state index contributed by atoms with van der Waals surface area (Å²) in [5.41, 5.74) is 0. The molecular formula is C14H14F3N3O3S. The molecular weight excluding hydrogens is 347 g/mol. The lowest BCUT2D eigenvalue weighted by molar-refractivity contribution is -0.159. The van der Waals surface area contributed by atoms with Gasteiger partial charge in [-0.25, -0.2) is 0 Å². The minimum atomic E-state index is -4.67. The monoisotopic (exact) mass is 361 g/mol. The SMILES string of the molecule is COCC(=O)N(Cc1ccc(-c2noc(C(F)(F)F)n2)s1)C1CC1. The van der Waals surface area contributed by atoms with E-state index < -0.39 is 12.1 Å². The van der Waals surface area contributed by atoms with Crippen molar-refractivity contribution < 1.29 is 27.2 Å². The number of amides is 1. The summed E-state index contributed by atoms with van der Waals surface area (Å²) in [4.78, 5) is 18.4. The van der Waals surface area contributed by atoms with Crippen molar-refractivity contribution in [3.05, 3.63) is 22.9 Å². The normalized spacial score (nSPS) is 14.8. The number of thiophene rings is 1. The van der Waals surface area contributed by atoms with Gasteiger partial charge in [-0.05, 0) is 25.0 Å². The van der Waals surface area contributed by atoms with E-state index in [1.807, 2.05) is 0 Å². The van der Waals surface area contributed by atoms with Gasteiger partial charge < -0.3 is 14.2 Å². The molecule has 0 radical (unpaired) electrons. The van der Waals surface area contributed by atoms with Crippen LogP contribution in [0.3, 0.4) is 0 Å². The molecule has 6 nitrogen and oxygen atoms in total. The van der Waals surface area contributed by atoms with Crippen molar-refractivity contribution in [2.75, 3.05) is 13.7 Å². The summed E-state index contributed by atoms with van der Waals surface area (Å²) in [5.74, 6) is -1.59. The first-order valence-corrected chi connectivity index (χ1v) is 7.98. The van der Waals surface area contributed by atoms with Crippen molar-refractivity contribution in [1.29, 1.82) is 0 Å². The Morgan fingerprint density at radius 1 is 1.46 bits per heavy atom. The smallest absolute Gasteiger partial charge is 0.375 e. The average Bonchev–Trinajstić information content (AvgIpc) is 3.03. The fourth-order valence-electron chi connectivity index (χ4n) is 2.20. The summed E-state index contributed by atoms with van der Waals surface area (Å²) in [6.45, 7) is 0.399. The molecule has 2 heterocycles. The summed E-state index contributed by atoms with van der Waals surface area (Å²) in [6, 6.07) is 3.58. The lowest BCUT2D eigenvalue weighted by Gasteiger charge is -2.21. The third-order valence-corrected chi connectivity index (χ3v) is 4.52. The highest BCUT2D eigenvalue weighted by Crippen LogP contribution is 2.34. The third kappa shape index (κ3) is 3.75. The van der Waals surface area contributed by atoms with Gasteiger partial charge in [0.25, 0.3) is 0 Å². The van der Waals surface area contributed by atoms with E-state index in [9.17, 15) is 18.0 Å². The largest absolute Gasteiger partial charge is 0.471 e. The first-order valence-electron chi connectivity index (χ1n) is 7.17. The molecule has 1 saturated carbocycles. The summed E-state index contributed by atoms with van der Waals surface area (Å²) < 4.78 is 46.6. The lowest BCUT2D eigenvalue weighted by Crippen LogP contribution is -2.34. The molecule has 0 saturated heterocycles. The van der Waals surface area contributed by atoms with Gasteiger partial charge in [-0.15, -0.1) is 11.3 Å². The van der Waals surface area contributed by atoms with Crippen LogP contribution in [0.2, 0.25) is 0 Å². The molecule has 1 fully saturated rings. The second kappa shape index (κ2) is 6.52. The molecule has 2 aromatic heterocycles. The molecule has 0 aromatic carbocycles. The van der Waals surface area contributed by atoms with Gasteiger partial charge >= 0.3 is 12.1 Å². The second-order valence-electron chi connectivity index (χ2n) is 5.37. The van der Waals surface area contributed by atoms with E-state index in [-0.39, 0.29) is 24.4 Å². The number of methoxy groups -OCH3 is 1. The topological polar surface area (TPSA) is 68.5 Å². The van der Waals surface area contributed by atoms with E-state index in [1.54, 1.807) is 17.0 Å². The molecule has 0 aliphatic heterocycles. The fraction of sp³-hybridized carbons (Fsp3) is 0.500. The maximum Gasteiger partial charge on any atom is 0.471 e. The predicted molar refractivity (Wildman–Crippen MR) is 78.1 cm³/mol. The number of carbonyl (C=O) groups is 1. The van der Waals surface area contributed by atoms with Crippen molar-refractivity contribution >= 4 is 17.2 Å². The van der Waals surface area contributed by atoms with Crippen molar-refractivity contribution in [2.45, 2.75) is 31.6 Å². The van der Waals surface area contributed by atoms with Crippen LogP contribution >= 0.6 is 11.3 Å². The van der Waals surface area contributed by atoms with Crippen molar-refractivity contribution in [1.82, 2.24) is 15.0 Å². The number of alkyl halides is 3. The molecule has 1 aliphatic rings. The molecule has 0 unspecified atom stereocenters. The number of hydrogen-bond acceptors (Lipinski definition) is 6. The lowest BCUT2D eigenvalue weighted by atomic mass is 10.3. The van der Waals surface area contributed by atoms with Gasteiger partial charge in [-0.3, -0.25) is 4.79 Å². The number of hydrogen-bond donors (Lipinski definition) is 0. The Balaban J connectivity index is 1.73. The Morgan fingerprint density at radius 3 is 2.79 bits per heavy atom. The van der Waals surface area contributed by atoms with E-state index in [0.717, 1.165) is 17.7 Å². The number of ether oxygens (including phenoxy) is 1. The molecule has 3 rings (SSSR count). The Bertz CT molecular complexity index is 724. The quantitative estimate of drug-likeness (QED) is 0.791. The molecule has 2 aromatic rings. The van der Waals surface area contributed by atoms with Gasteiger partial charge in [0, 0.05) is 18.0 Å². The molecule has 0 spiro atoms. The number of carbonyl (C=O) groups excluding carboxylic acids is 1. The summed E-state index contributed by atoms with van der Waals surface area (Å²) in [7, 11) is 1.46. The molecule has 24 heavy (non-hydrogen) atoms. The standard InChI is InChI=1S/C14H14F3N3O3S/c1-22-7-11(21)20(8-2-3-8)6-9-4-5-10(24-9)12-18-13(23-19-12)14(15,16)17/h4-5,8H,2-3,6-7H2,1H3. The molecule has 10 heteroatoms. The average molecular weight is 361 g/mol. The zero-order chi connectivity index (χ0) is 17.3.